The van der Waals surface area contributed by atoms with Crippen LogP contribution >= 0.6 is 15.9 Å². The number of pyridine rings is 1. The molecular formula is C30H30BrN3O2. The molecule has 5 nitrogen and oxygen atoms in total. The molecule has 1 aliphatic rings. The number of hydrogen-bond donors (Lipinski definition) is 1. The fourth-order valence-electron chi connectivity index (χ4n) is 4.81. The van der Waals surface area contributed by atoms with E-state index in [1.54, 1.807) is 0 Å². The minimum absolute atomic E-state index is 0.0659. The third-order valence-electron chi connectivity index (χ3n) is 6.79. The zero-order valence-corrected chi connectivity index (χ0v) is 22.0. The maximum Gasteiger partial charge on any atom is 0.262 e. The Morgan fingerprint density at radius 3 is 2.50 bits per heavy atom. The first-order valence-electron chi connectivity index (χ1n) is 12.5. The van der Waals surface area contributed by atoms with Crippen LogP contribution in [0.3, 0.4) is 0 Å². The first kappa shape index (κ1) is 24.3. The summed E-state index contributed by atoms with van der Waals surface area (Å²) in [4.78, 5) is 19.7. The van der Waals surface area contributed by atoms with Crippen molar-refractivity contribution in [1.29, 1.82) is 0 Å². The molecule has 5 rings (SSSR count). The topological polar surface area (TPSA) is 54.5 Å². The summed E-state index contributed by atoms with van der Waals surface area (Å²) in [5.74, 6) is 1.11. The number of nitrogens with zero attached hydrogens (tertiary/aromatic N) is 2. The summed E-state index contributed by atoms with van der Waals surface area (Å²) in [5.41, 5.74) is 5.19. The molecule has 36 heavy (non-hydrogen) atoms. The van der Waals surface area contributed by atoms with Gasteiger partial charge in [-0.05, 0) is 73.2 Å². The van der Waals surface area contributed by atoms with Crippen LogP contribution < -0.4 is 15.0 Å². The zero-order valence-electron chi connectivity index (χ0n) is 20.4. The molecule has 1 N–H and O–H groups in total. The number of amides is 1. The van der Waals surface area contributed by atoms with Crippen LogP contribution in [0, 0.1) is 0 Å². The number of piperidine rings is 1. The van der Waals surface area contributed by atoms with Crippen LogP contribution in [-0.4, -0.2) is 30.6 Å². The minimum atomic E-state index is -0.190. The molecule has 0 bridgehead atoms. The third kappa shape index (κ3) is 5.71. The number of carbonyl (C=O) groups excluding carboxylic acids is 1. The van der Waals surface area contributed by atoms with Gasteiger partial charge >= 0.3 is 0 Å². The Hall–Kier alpha value is -3.38. The molecule has 1 fully saturated rings. The molecule has 3 aromatic carbocycles. The first-order valence-corrected chi connectivity index (χ1v) is 13.3. The van der Waals surface area contributed by atoms with Crippen LogP contribution in [0.15, 0.2) is 83.3 Å². The maximum absolute atomic E-state index is 12.6. The van der Waals surface area contributed by atoms with E-state index in [9.17, 15) is 4.79 Å². The summed E-state index contributed by atoms with van der Waals surface area (Å²) in [5, 5.41) is 3.84. The molecule has 2 heterocycles. The molecule has 1 aliphatic heterocycles. The number of benzene rings is 3. The van der Waals surface area contributed by atoms with E-state index in [-0.39, 0.29) is 12.5 Å². The van der Waals surface area contributed by atoms with E-state index in [0.29, 0.717) is 11.7 Å². The van der Waals surface area contributed by atoms with Gasteiger partial charge in [-0.25, -0.2) is 0 Å². The van der Waals surface area contributed by atoms with Crippen molar-refractivity contribution in [3.63, 3.8) is 0 Å². The van der Waals surface area contributed by atoms with E-state index in [2.05, 4.69) is 80.5 Å². The van der Waals surface area contributed by atoms with Gasteiger partial charge in [0.2, 0.25) is 0 Å². The van der Waals surface area contributed by atoms with Crippen molar-refractivity contribution >= 4 is 44.1 Å². The summed E-state index contributed by atoms with van der Waals surface area (Å²) in [6.07, 6.45) is 3.10. The maximum atomic E-state index is 12.6. The number of hydrogen-bond acceptors (Lipinski definition) is 4. The van der Waals surface area contributed by atoms with Crippen LogP contribution in [0.25, 0.3) is 10.9 Å². The molecule has 0 aliphatic carbocycles. The van der Waals surface area contributed by atoms with E-state index in [1.165, 1.54) is 11.3 Å². The number of anilines is 2. The second kappa shape index (κ2) is 11.1. The monoisotopic (exact) mass is 543 g/mol. The van der Waals surface area contributed by atoms with Gasteiger partial charge in [-0.2, -0.15) is 0 Å². The van der Waals surface area contributed by atoms with Gasteiger partial charge in [0.05, 0.1) is 5.52 Å². The van der Waals surface area contributed by atoms with Gasteiger partial charge in [-0.3, -0.25) is 9.78 Å². The van der Waals surface area contributed by atoms with Crippen molar-refractivity contribution in [2.75, 3.05) is 29.9 Å². The quantitative estimate of drug-likeness (QED) is 0.273. The Labute approximate surface area is 220 Å². The molecule has 6 heteroatoms. The number of aromatic nitrogens is 1. The largest absolute Gasteiger partial charge is 0.483 e. The van der Waals surface area contributed by atoms with Crippen molar-refractivity contribution in [3.8, 4) is 5.75 Å². The lowest BCUT2D eigenvalue weighted by Crippen LogP contribution is -2.32. The average molecular weight is 544 g/mol. The molecule has 0 saturated carbocycles. The summed E-state index contributed by atoms with van der Waals surface area (Å²) < 4.78 is 6.88. The van der Waals surface area contributed by atoms with E-state index in [4.69, 9.17) is 4.74 Å². The molecular weight excluding hydrogens is 514 g/mol. The number of nitrogens with one attached hydrogen (secondary N) is 1. The molecule has 0 spiro atoms. The third-order valence-corrected chi connectivity index (χ3v) is 7.28. The van der Waals surface area contributed by atoms with Gasteiger partial charge in [0.15, 0.2) is 6.61 Å². The Kier molecular flexibility index (Phi) is 7.52. The predicted molar refractivity (Wildman–Crippen MR) is 150 cm³/mol. The Morgan fingerprint density at radius 2 is 1.78 bits per heavy atom. The van der Waals surface area contributed by atoms with Crippen molar-refractivity contribution in [2.45, 2.75) is 32.1 Å². The smallest absolute Gasteiger partial charge is 0.262 e. The molecule has 1 saturated heterocycles. The van der Waals surface area contributed by atoms with Crippen LogP contribution in [0.2, 0.25) is 0 Å². The zero-order chi connectivity index (χ0) is 24.9. The second-order valence-corrected chi connectivity index (χ2v) is 10.1. The lowest BCUT2D eigenvalue weighted by atomic mass is 9.89. The molecule has 0 atom stereocenters. The Bertz CT molecular complexity index is 1330. The predicted octanol–water partition coefficient (Wildman–Crippen LogP) is 6.96. The van der Waals surface area contributed by atoms with Crippen molar-refractivity contribution < 1.29 is 9.53 Å². The van der Waals surface area contributed by atoms with Crippen LogP contribution in [0.5, 0.6) is 5.75 Å². The van der Waals surface area contributed by atoms with Gasteiger partial charge in [0, 0.05) is 46.1 Å². The second-order valence-electron chi connectivity index (χ2n) is 9.18. The minimum Gasteiger partial charge on any atom is -0.483 e. The highest BCUT2D eigenvalue weighted by Crippen LogP contribution is 2.31. The van der Waals surface area contributed by atoms with Gasteiger partial charge in [-0.15, -0.1) is 0 Å². The summed E-state index contributed by atoms with van der Waals surface area (Å²) >= 11 is 3.51. The standard InChI is InChI=1S/C30H30BrN3O2/c1-2-24-19-29(27-18-23(31)8-13-28(27)32-24)36-20-30(35)33-25-9-11-26(12-10-25)34-16-14-22(15-17-34)21-6-4-3-5-7-21/h3-13,18-19,22H,2,14-17,20H2,1H3,(H,33,35). The summed E-state index contributed by atoms with van der Waals surface area (Å²) in [7, 11) is 0. The number of carbonyl (C=O) groups is 1. The molecule has 184 valence electrons. The summed E-state index contributed by atoms with van der Waals surface area (Å²) in [6, 6.07) is 26.7. The molecule has 4 aromatic rings. The molecule has 1 aromatic heterocycles. The first-order chi connectivity index (χ1) is 17.6. The van der Waals surface area contributed by atoms with Gasteiger partial charge in [-0.1, -0.05) is 53.2 Å². The van der Waals surface area contributed by atoms with Gasteiger partial charge in [0.25, 0.3) is 5.91 Å². The highest BCUT2D eigenvalue weighted by molar-refractivity contribution is 9.10. The molecule has 1 amide bonds. The van der Waals surface area contributed by atoms with Gasteiger partial charge in [0.1, 0.15) is 5.75 Å². The van der Waals surface area contributed by atoms with Crippen molar-refractivity contribution in [3.05, 3.63) is 94.6 Å². The van der Waals surface area contributed by atoms with Crippen molar-refractivity contribution in [1.82, 2.24) is 4.98 Å². The Balaban J connectivity index is 1.17. The number of fused-ring (bicyclic) bond motifs is 1. The molecule has 0 radical (unpaired) electrons. The van der Waals surface area contributed by atoms with Crippen LogP contribution in [0.1, 0.15) is 36.9 Å². The van der Waals surface area contributed by atoms with Gasteiger partial charge < -0.3 is 15.0 Å². The normalized spacial score (nSPS) is 14.1. The number of halogens is 1. The summed E-state index contributed by atoms with van der Waals surface area (Å²) in [6.45, 7) is 4.06. The fraction of sp³-hybridized carbons (Fsp3) is 0.267. The van der Waals surface area contributed by atoms with E-state index in [1.807, 2.05) is 36.4 Å². The highest BCUT2D eigenvalue weighted by Gasteiger charge is 2.20. The SMILES string of the molecule is CCc1cc(OCC(=O)Nc2ccc(N3CCC(c4ccccc4)CC3)cc2)c2cc(Br)ccc2n1. The lowest BCUT2D eigenvalue weighted by molar-refractivity contribution is -0.118. The average Bonchev–Trinajstić information content (AvgIpc) is 2.92. The lowest BCUT2D eigenvalue weighted by Gasteiger charge is -2.34. The van der Waals surface area contributed by atoms with Crippen LogP contribution in [-0.2, 0) is 11.2 Å². The van der Waals surface area contributed by atoms with Crippen LogP contribution in [0.4, 0.5) is 11.4 Å². The highest BCUT2D eigenvalue weighted by atomic mass is 79.9. The van der Waals surface area contributed by atoms with Crippen molar-refractivity contribution in [2.24, 2.45) is 0 Å². The fourth-order valence-corrected chi connectivity index (χ4v) is 5.17. The van der Waals surface area contributed by atoms with E-state index in [0.717, 1.165) is 59.1 Å². The van der Waals surface area contributed by atoms with E-state index < -0.39 is 0 Å². The number of ether oxygens (including phenoxy) is 1. The number of aryl methyl sites for hydroxylation is 1. The Morgan fingerprint density at radius 1 is 1.03 bits per heavy atom. The van der Waals surface area contributed by atoms with E-state index >= 15 is 0 Å². The molecule has 0 unspecified atom stereocenters. The number of rotatable bonds is 7.